The van der Waals surface area contributed by atoms with Crippen molar-refractivity contribution in [1.82, 2.24) is 4.98 Å². The summed E-state index contributed by atoms with van der Waals surface area (Å²) in [5, 5.41) is 4.03. The van der Waals surface area contributed by atoms with E-state index in [1.807, 2.05) is 5.38 Å². The van der Waals surface area contributed by atoms with Gasteiger partial charge in [-0.25, -0.2) is 9.78 Å². The Morgan fingerprint density at radius 1 is 1.10 bits per heavy atom. The van der Waals surface area contributed by atoms with Gasteiger partial charge in [-0.1, -0.05) is 24.3 Å². The molecule has 3 rings (SSSR count). The van der Waals surface area contributed by atoms with Crippen LogP contribution in [0.1, 0.15) is 21.6 Å². The third-order valence-corrected chi connectivity index (χ3v) is 5.55. The van der Waals surface area contributed by atoms with E-state index in [4.69, 9.17) is 4.74 Å². The van der Waals surface area contributed by atoms with E-state index in [2.05, 4.69) is 10.3 Å². The summed E-state index contributed by atoms with van der Waals surface area (Å²) in [6.07, 6.45) is -4.62. The van der Waals surface area contributed by atoms with E-state index in [0.717, 1.165) is 17.8 Å². The average Bonchev–Trinajstić information content (AvgIpc) is 3.24. The quantitative estimate of drug-likeness (QED) is 0.392. The second-order valence-corrected chi connectivity index (χ2v) is 7.67. The number of anilines is 1. The molecule has 1 N–H and O–H groups in total. The van der Waals surface area contributed by atoms with E-state index >= 15 is 0 Å². The molecule has 1 heterocycles. The van der Waals surface area contributed by atoms with Crippen LogP contribution in [0.15, 0.2) is 64.3 Å². The fraction of sp³-hybridized carbons (Fsp3) is 0.150. The highest BCUT2D eigenvalue weighted by molar-refractivity contribution is 7.98. The van der Waals surface area contributed by atoms with E-state index in [9.17, 15) is 22.8 Å². The molecule has 0 unspecified atom stereocenters. The second kappa shape index (κ2) is 9.77. The van der Waals surface area contributed by atoms with Crippen molar-refractivity contribution >= 4 is 40.7 Å². The van der Waals surface area contributed by atoms with Crippen molar-refractivity contribution in [2.45, 2.75) is 16.8 Å². The largest absolute Gasteiger partial charge is 0.452 e. The lowest BCUT2D eigenvalue weighted by molar-refractivity contribution is -0.137. The number of alkyl halides is 3. The van der Waals surface area contributed by atoms with Crippen LogP contribution in [0.3, 0.4) is 0 Å². The average molecular weight is 452 g/mol. The molecule has 0 atom stereocenters. The molecule has 0 bridgehead atoms. The summed E-state index contributed by atoms with van der Waals surface area (Å²) in [4.78, 5) is 29.3. The minimum absolute atomic E-state index is 0.265. The first kappa shape index (κ1) is 21.8. The van der Waals surface area contributed by atoms with Crippen molar-refractivity contribution in [3.05, 3.63) is 76.2 Å². The summed E-state index contributed by atoms with van der Waals surface area (Å²) in [7, 11) is 0. The first-order valence-electron chi connectivity index (χ1n) is 8.56. The van der Waals surface area contributed by atoms with Gasteiger partial charge < -0.3 is 10.1 Å². The van der Waals surface area contributed by atoms with Crippen LogP contribution >= 0.6 is 23.1 Å². The van der Waals surface area contributed by atoms with Crippen LogP contribution in [0.25, 0.3) is 0 Å². The summed E-state index contributed by atoms with van der Waals surface area (Å²) >= 11 is 2.86. The van der Waals surface area contributed by atoms with E-state index in [0.29, 0.717) is 10.6 Å². The third kappa shape index (κ3) is 5.83. The molecule has 156 valence electrons. The normalized spacial score (nSPS) is 11.2. The Morgan fingerprint density at radius 3 is 2.57 bits per heavy atom. The lowest BCUT2D eigenvalue weighted by Gasteiger charge is -2.14. The predicted octanol–water partition coefficient (Wildman–Crippen LogP) is 5.25. The minimum atomic E-state index is -4.62. The molecule has 0 saturated heterocycles. The molecule has 2 aromatic carbocycles. The van der Waals surface area contributed by atoms with E-state index in [1.54, 1.807) is 29.8 Å². The van der Waals surface area contributed by atoms with Crippen molar-refractivity contribution in [2.75, 3.05) is 11.9 Å². The van der Waals surface area contributed by atoms with Crippen molar-refractivity contribution < 1.29 is 27.5 Å². The number of benzene rings is 2. The number of nitrogens with zero attached hydrogens (tertiary/aromatic N) is 1. The topological polar surface area (TPSA) is 68.3 Å². The number of thiazole rings is 1. The molecule has 0 aliphatic carbocycles. The summed E-state index contributed by atoms with van der Waals surface area (Å²) in [5.41, 5.74) is 1.47. The van der Waals surface area contributed by atoms with Gasteiger partial charge >= 0.3 is 12.1 Å². The molecule has 0 spiro atoms. The molecule has 0 fully saturated rings. The standard InChI is InChI=1S/C20H15F3N2O3S2/c21-20(22,23)15-6-2-3-7-16(15)25-18(26)9-28-19(27)14-5-1-4-8-17(14)30-11-13-10-29-12-24-13/h1-8,10,12H,9,11H2,(H,25,26). The van der Waals surface area contributed by atoms with Crippen LogP contribution in [0.2, 0.25) is 0 Å². The highest BCUT2D eigenvalue weighted by atomic mass is 32.2. The number of aromatic nitrogens is 1. The van der Waals surface area contributed by atoms with Gasteiger partial charge in [0.2, 0.25) is 0 Å². The molecule has 30 heavy (non-hydrogen) atoms. The Morgan fingerprint density at radius 2 is 1.83 bits per heavy atom. The van der Waals surface area contributed by atoms with Crippen molar-refractivity contribution in [2.24, 2.45) is 0 Å². The zero-order valence-electron chi connectivity index (χ0n) is 15.3. The van der Waals surface area contributed by atoms with E-state index in [-0.39, 0.29) is 5.56 Å². The number of halogens is 3. The molecule has 1 aromatic heterocycles. The van der Waals surface area contributed by atoms with Crippen molar-refractivity contribution in [1.29, 1.82) is 0 Å². The monoisotopic (exact) mass is 452 g/mol. The van der Waals surface area contributed by atoms with Gasteiger partial charge in [-0.2, -0.15) is 13.2 Å². The molecule has 1 amide bonds. The number of para-hydroxylation sites is 1. The molecule has 0 radical (unpaired) electrons. The number of amides is 1. The molecule has 3 aromatic rings. The van der Waals surface area contributed by atoms with Crippen molar-refractivity contribution in [3.63, 3.8) is 0 Å². The Kier molecular flexibility index (Phi) is 7.11. The first-order chi connectivity index (χ1) is 14.3. The summed E-state index contributed by atoms with van der Waals surface area (Å²) in [6, 6.07) is 11.3. The number of hydrogen-bond acceptors (Lipinski definition) is 6. The Bertz CT molecular complexity index is 1020. The molecule has 0 saturated carbocycles. The van der Waals surface area contributed by atoms with Crippen LogP contribution in [0, 0.1) is 0 Å². The Labute approximate surface area is 178 Å². The van der Waals surface area contributed by atoms with Gasteiger partial charge in [0.25, 0.3) is 5.91 Å². The number of rotatable bonds is 7. The minimum Gasteiger partial charge on any atom is -0.452 e. The molecular formula is C20H15F3N2O3S2. The third-order valence-electron chi connectivity index (χ3n) is 3.81. The zero-order valence-corrected chi connectivity index (χ0v) is 16.9. The van der Waals surface area contributed by atoms with Crippen molar-refractivity contribution in [3.8, 4) is 0 Å². The Balaban J connectivity index is 1.60. The van der Waals surface area contributed by atoms with Crippen LogP contribution < -0.4 is 5.32 Å². The maximum atomic E-state index is 13.0. The molecular weight excluding hydrogens is 437 g/mol. The van der Waals surface area contributed by atoms with Gasteiger partial charge in [-0.05, 0) is 24.3 Å². The number of thioether (sulfide) groups is 1. The van der Waals surface area contributed by atoms with Crippen LogP contribution in [0.4, 0.5) is 18.9 Å². The van der Waals surface area contributed by atoms with Gasteiger partial charge in [0.15, 0.2) is 6.61 Å². The number of nitrogens with one attached hydrogen (secondary N) is 1. The SMILES string of the molecule is O=C(COC(=O)c1ccccc1SCc1cscn1)Nc1ccccc1C(F)(F)F. The summed E-state index contributed by atoms with van der Waals surface area (Å²) < 4.78 is 44.0. The maximum Gasteiger partial charge on any atom is 0.418 e. The number of carbonyl (C=O) groups excluding carboxylic acids is 2. The number of esters is 1. The summed E-state index contributed by atoms with van der Waals surface area (Å²) in [5.74, 6) is -1.05. The smallest absolute Gasteiger partial charge is 0.418 e. The number of ether oxygens (including phenoxy) is 1. The molecule has 0 aliphatic rings. The van der Waals surface area contributed by atoms with Crippen LogP contribution in [-0.4, -0.2) is 23.5 Å². The zero-order chi connectivity index (χ0) is 21.6. The molecule has 0 aliphatic heterocycles. The van der Waals surface area contributed by atoms with Crippen LogP contribution in [-0.2, 0) is 21.5 Å². The molecule has 10 heteroatoms. The van der Waals surface area contributed by atoms with E-state index < -0.39 is 35.9 Å². The number of hydrogen-bond donors (Lipinski definition) is 1. The summed E-state index contributed by atoms with van der Waals surface area (Å²) in [6.45, 7) is -0.712. The lowest BCUT2D eigenvalue weighted by Crippen LogP contribution is -2.23. The van der Waals surface area contributed by atoms with Gasteiger partial charge in [0, 0.05) is 16.0 Å². The molecule has 5 nitrogen and oxygen atoms in total. The second-order valence-electron chi connectivity index (χ2n) is 5.93. The predicted molar refractivity (Wildman–Crippen MR) is 108 cm³/mol. The van der Waals surface area contributed by atoms with Gasteiger partial charge in [0.1, 0.15) is 0 Å². The highest BCUT2D eigenvalue weighted by Crippen LogP contribution is 2.34. The lowest BCUT2D eigenvalue weighted by atomic mass is 10.1. The van der Waals surface area contributed by atoms with Gasteiger partial charge in [0.05, 0.1) is 28.0 Å². The number of carbonyl (C=O) groups is 2. The Hall–Kier alpha value is -2.85. The fourth-order valence-electron chi connectivity index (χ4n) is 2.46. The van der Waals surface area contributed by atoms with Crippen LogP contribution in [0.5, 0.6) is 0 Å². The first-order valence-corrected chi connectivity index (χ1v) is 10.5. The van der Waals surface area contributed by atoms with Gasteiger partial charge in [-0.15, -0.1) is 23.1 Å². The van der Waals surface area contributed by atoms with E-state index in [1.165, 1.54) is 35.2 Å². The maximum absolute atomic E-state index is 13.0. The fourth-order valence-corrected chi connectivity index (χ4v) is 4.06. The van der Waals surface area contributed by atoms with Gasteiger partial charge in [-0.3, -0.25) is 4.79 Å². The highest BCUT2D eigenvalue weighted by Gasteiger charge is 2.33.